The van der Waals surface area contributed by atoms with Crippen molar-refractivity contribution < 1.29 is 13.2 Å². The molecule has 2 aromatic rings. The minimum Gasteiger partial charge on any atom is -0.322 e. The molecule has 0 aromatic heterocycles. The lowest BCUT2D eigenvalue weighted by Crippen LogP contribution is -2.28. The zero-order valence-corrected chi connectivity index (χ0v) is 13.2. The fourth-order valence-corrected chi connectivity index (χ4v) is 3.16. The van der Waals surface area contributed by atoms with E-state index in [0.717, 1.165) is 0 Å². The SMILES string of the molecule is CC(C)(N)c1ccccc1.O=C1NS(=O)(=O)c2ccccc21. The standard InChI is InChI=1S/C9H13N.C7H5NO3S/c1-9(2,10)8-6-4-3-5-7-8;9-7-5-3-1-2-4-6(5)12(10,11)8-7/h3-7H,10H2,1-2H3;1-4H,(H,8,9). The second-order valence-electron chi connectivity index (χ2n) is 5.52. The Bertz CT molecular complexity index is 779. The number of amides is 1. The van der Waals surface area contributed by atoms with Crippen molar-refractivity contribution in [1.29, 1.82) is 0 Å². The van der Waals surface area contributed by atoms with Crippen LogP contribution >= 0.6 is 0 Å². The highest BCUT2D eigenvalue weighted by Gasteiger charge is 2.31. The minimum atomic E-state index is -3.55. The molecule has 0 radical (unpaired) electrons. The van der Waals surface area contributed by atoms with Crippen LogP contribution < -0.4 is 10.5 Å². The Morgan fingerprint density at radius 2 is 1.50 bits per heavy atom. The molecule has 0 saturated carbocycles. The van der Waals surface area contributed by atoms with E-state index in [-0.39, 0.29) is 16.0 Å². The Hall–Kier alpha value is -2.18. The topological polar surface area (TPSA) is 89.3 Å². The maximum absolute atomic E-state index is 11.1. The van der Waals surface area contributed by atoms with Crippen molar-refractivity contribution in [1.82, 2.24) is 4.72 Å². The Labute approximate surface area is 130 Å². The van der Waals surface area contributed by atoms with Crippen LogP contribution in [-0.2, 0) is 15.6 Å². The molecule has 2 aromatic carbocycles. The van der Waals surface area contributed by atoms with Gasteiger partial charge in [0.15, 0.2) is 0 Å². The Kier molecular flexibility index (Phi) is 4.35. The lowest BCUT2D eigenvalue weighted by atomic mass is 9.96. The first kappa shape index (κ1) is 16.2. The molecule has 0 aliphatic carbocycles. The van der Waals surface area contributed by atoms with E-state index in [1.807, 2.05) is 48.9 Å². The normalized spacial score (nSPS) is 15.3. The van der Waals surface area contributed by atoms with Gasteiger partial charge in [-0.3, -0.25) is 4.79 Å². The molecule has 0 saturated heterocycles. The first-order chi connectivity index (χ1) is 10.2. The van der Waals surface area contributed by atoms with Crippen LogP contribution in [0.5, 0.6) is 0 Å². The third-order valence-corrected chi connectivity index (χ3v) is 4.56. The molecule has 0 spiro atoms. The van der Waals surface area contributed by atoms with E-state index in [1.165, 1.54) is 17.7 Å². The number of carbonyl (C=O) groups excluding carboxylic acids is 1. The average Bonchev–Trinajstić information content (AvgIpc) is 2.70. The lowest BCUT2D eigenvalue weighted by molar-refractivity contribution is 0.0985. The van der Waals surface area contributed by atoms with Crippen molar-refractivity contribution in [3.8, 4) is 0 Å². The fourth-order valence-electron chi connectivity index (χ4n) is 1.99. The summed E-state index contributed by atoms with van der Waals surface area (Å²) in [5, 5.41) is 0. The van der Waals surface area contributed by atoms with E-state index in [2.05, 4.69) is 0 Å². The van der Waals surface area contributed by atoms with Crippen LogP contribution in [0, 0.1) is 0 Å². The smallest absolute Gasteiger partial charge is 0.266 e. The summed E-state index contributed by atoms with van der Waals surface area (Å²) in [6, 6.07) is 16.2. The van der Waals surface area contributed by atoms with Crippen molar-refractivity contribution in [2.75, 3.05) is 0 Å². The van der Waals surface area contributed by atoms with Gasteiger partial charge >= 0.3 is 0 Å². The minimum absolute atomic E-state index is 0.0648. The van der Waals surface area contributed by atoms with Crippen LogP contribution in [0.15, 0.2) is 59.5 Å². The summed E-state index contributed by atoms with van der Waals surface area (Å²) in [6.07, 6.45) is 0. The highest BCUT2D eigenvalue weighted by molar-refractivity contribution is 7.90. The summed E-state index contributed by atoms with van der Waals surface area (Å²) in [7, 11) is -3.55. The molecule has 0 unspecified atom stereocenters. The maximum atomic E-state index is 11.1. The van der Waals surface area contributed by atoms with Gasteiger partial charge in [-0.25, -0.2) is 13.1 Å². The van der Waals surface area contributed by atoms with Gasteiger partial charge < -0.3 is 5.73 Å². The van der Waals surface area contributed by atoms with E-state index in [9.17, 15) is 13.2 Å². The van der Waals surface area contributed by atoms with Gasteiger partial charge in [-0.1, -0.05) is 42.5 Å². The Morgan fingerprint density at radius 1 is 0.955 bits per heavy atom. The van der Waals surface area contributed by atoms with E-state index in [0.29, 0.717) is 0 Å². The highest BCUT2D eigenvalue weighted by atomic mass is 32.2. The lowest BCUT2D eigenvalue weighted by Gasteiger charge is -2.18. The molecule has 0 fully saturated rings. The largest absolute Gasteiger partial charge is 0.322 e. The molecule has 3 rings (SSSR count). The number of carbonyl (C=O) groups is 1. The second kappa shape index (κ2) is 5.90. The molecule has 0 bridgehead atoms. The predicted octanol–water partition coefficient (Wildman–Crippen LogP) is 2.00. The molecule has 0 atom stereocenters. The summed E-state index contributed by atoms with van der Waals surface area (Å²) in [5.74, 6) is -0.550. The number of sulfonamides is 1. The second-order valence-corrected chi connectivity index (χ2v) is 7.17. The Morgan fingerprint density at radius 3 is 2.00 bits per heavy atom. The van der Waals surface area contributed by atoms with Crippen LogP contribution in [0.3, 0.4) is 0 Å². The highest BCUT2D eigenvalue weighted by Crippen LogP contribution is 2.20. The number of nitrogens with two attached hydrogens (primary N) is 1. The van der Waals surface area contributed by atoms with Gasteiger partial charge in [-0.05, 0) is 31.5 Å². The van der Waals surface area contributed by atoms with Gasteiger partial charge in [0.2, 0.25) is 0 Å². The van der Waals surface area contributed by atoms with Gasteiger partial charge in [0.1, 0.15) is 4.90 Å². The molecule has 1 heterocycles. The molecule has 3 N–H and O–H groups in total. The van der Waals surface area contributed by atoms with Crippen molar-refractivity contribution in [2.45, 2.75) is 24.3 Å². The van der Waals surface area contributed by atoms with Gasteiger partial charge in [-0.2, -0.15) is 0 Å². The first-order valence-corrected chi connectivity index (χ1v) is 8.21. The first-order valence-electron chi connectivity index (χ1n) is 6.72. The molecule has 5 nitrogen and oxygen atoms in total. The maximum Gasteiger partial charge on any atom is 0.266 e. The summed E-state index contributed by atoms with van der Waals surface area (Å²) in [4.78, 5) is 11.1. The number of rotatable bonds is 1. The summed E-state index contributed by atoms with van der Waals surface area (Å²) in [5.41, 5.74) is 7.05. The monoisotopic (exact) mass is 318 g/mol. The zero-order valence-electron chi connectivity index (χ0n) is 12.4. The van der Waals surface area contributed by atoms with Crippen molar-refractivity contribution in [2.24, 2.45) is 5.73 Å². The van der Waals surface area contributed by atoms with E-state index < -0.39 is 15.9 Å². The number of benzene rings is 2. The van der Waals surface area contributed by atoms with Gasteiger partial charge in [-0.15, -0.1) is 0 Å². The predicted molar refractivity (Wildman–Crippen MR) is 84.7 cm³/mol. The Balaban J connectivity index is 0.000000164. The molecule has 1 aliphatic rings. The molecule has 6 heteroatoms. The van der Waals surface area contributed by atoms with E-state index >= 15 is 0 Å². The van der Waals surface area contributed by atoms with Crippen LogP contribution in [0.1, 0.15) is 29.8 Å². The number of hydrogen-bond donors (Lipinski definition) is 2. The third-order valence-electron chi connectivity index (χ3n) is 3.17. The third kappa shape index (κ3) is 3.52. The summed E-state index contributed by atoms with van der Waals surface area (Å²) < 4.78 is 24.2. The summed E-state index contributed by atoms with van der Waals surface area (Å²) >= 11 is 0. The molecule has 116 valence electrons. The van der Waals surface area contributed by atoms with Gasteiger partial charge in [0, 0.05) is 5.54 Å². The summed E-state index contributed by atoms with van der Waals surface area (Å²) in [6.45, 7) is 4.00. The quantitative estimate of drug-likeness (QED) is 0.841. The van der Waals surface area contributed by atoms with Crippen LogP contribution in [0.25, 0.3) is 0 Å². The van der Waals surface area contributed by atoms with Crippen molar-refractivity contribution in [3.63, 3.8) is 0 Å². The number of nitrogens with one attached hydrogen (secondary N) is 1. The van der Waals surface area contributed by atoms with Crippen LogP contribution in [-0.4, -0.2) is 14.3 Å². The van der Waals surface area contributed by atoms with Gasteiger partial charge in [0.05, 0.1) is 5.56 Å². The van der Waals surface area contributed by atoms with Gasteiger partial charge in [0.25, 0.3) is 15.9 Å². The van der Waals surface area contributed by atoms with Crippen LogP contribution in [0.4, 0.5) is 0 Å². The molecule has 1 aliphatic heterocycles. The van der Waals surface area contributed by atoms with E-state index in [1.54, 1.807) is 12.1 Å². The van der Waals surface area contributed by atoms with Crippen molar-refractivity contribution >= 4 is 15.9 Å². The van der Waals surface area contributed by atoms with Crippen LogP contribution in [0.2, 0.25) is 0 Å². The van der Waals surface area contributed by atoms with E-state index in [4.69, 9.17) is 5.73 Å². The number of fused-ring (bicyclic) bond motifs is 1. The van der Waals surface area contributed by atoms with Crippen molar-refractivity contribution in [3.05, 3.63) is 65.7 Å². The zero-order chi connectivity index (χ0) is 16.4. The molecule has 1 amide bonds. The number of hydrogen-bond acceptors (Lipinski definition) is 4. The average molecular weight is 318 g/mol. The fraction of sp³-hybridized carbons (Fsp3) is 0.188. The molecule has 22 heavy (non-hydrogen) atoms. The molecular formula is C16H18N2O3S. The molecular weight excluding hydrogens is 300 g/mol.